The van der Waals surface area contributed by atoms with Gasteiger partial charge in [-0.15, -0.1) is 0 Å². The van der Waals surface area contributed by atoms with Crippen LogP contribution in [0, 0.1) is 49.9 Å². The van der Waals surface area contributed by atoms with E-state index in [-0.39, 0.29) is 90.4 Å². The van der Waals surface area contributed by atoms with E-state index in [4.69, 9.17) is 60.8 Å². The lowest BCUT2D eigenvalue weighted by atomic mass is 9.96. The summed E-state index contributed by atoms with van der Waals surface area (Å²) >= 11 is 8.94. The molecule has 8 aromatic heterocycles. The second-order valence-corrected chi connectivity index (χ2v) is 41.0. The molecule has 2 aliphatic carbocycles. The Bertz CT molecular complexity index is 6210. The minimum absolute atomic E-state index is 0.000144. The van der Waals surface area contributed by atoms with Gasteiger partial charge in [0.25, 0.3) is 0 Å². The van der Waals surface area contributed by atoms with Crippen LogP contribution in [0.1, 0.15) is 138 Å². The Labute approximate surface area is 781 Å². The second kappa shape index (κ2) is 38.9. The first-order valence-corrected chi connectivity index (χ1v) is 47.3. The zero-order valence-corrected chi connectivity index (χ0v) is 79.6. The first-order chi connectivity index (χ1) is 60.6. The summed E-state index contributed by atoms with van der Waals surface area (Å²) < 4.78 is 152. The van der Waals surface area contributed by atoms with Crippen molar-refractivity contribution in [2.24, 2.45) is 11.3 Å². The number of aryl methyl sites for hydroxylation is 4. The molecule has 47 heteroatoms. The van der Waals surface area contributed by atoms with E-state index in [1.54, 1.807) is 4.57 Å². The largest absolute Gasteiger partial charge is 0.454 e. The Kier molecular flexibility index (Phi) is 28.2. The Morgan fingerprint density at radius 3 is 0.992 bits per heavy atom. The third-order valence-corrected chi connectivity index (χ3v) is 28.3. The maximum absolute atomic E-state index is 13.9. The van der Waals surface area contributed by atoms with Gasteiger partial charge in [0.15, 0.2) is 114 Å². The van der Waals surface area contributed by atoms with E-state index in [0.29, 0.717) is 218 Å². The van der Waals surface area contributed by atoms with Gasteiger partial charge in [0.1, 0.15) is 23.3 Å². The molecule has 2 fully saturated rings. The van der Waals surface area contributed by atoms with Gasteiger partial charge in [0.05, 0.1) is 21.0 Å². The molecule has 0 saturated heterocycles. The molecule has 37 nitrogen and oxygen atoms in total. The van der Waals surface area contributed by atoms with Crippen LogP contribution in [0.5, 0.6) is 46.0 Å². The van der Waals surface area contributed by atoms with Crippen molar-refractivity contribution in [3.05, 3.63) is 133 Å². The smallest absolute Gasteiger partial charge is 0.312 e. The van der Waals surface area contributed by atoms with Crippen LogP contribution in [-0.4, -0.2) is 166 Å². The second-order valence-electron chi connectivity index (χ2n) is 32.2. The highest BCUT2D eigenvalue weighted by atomic mass is 127. The number of nitrogen functional groups attached to an aromatic ring is 4. The van der Waals surface area contributed by atoms with Crippen LogP contribution in [0.4, 0.5) is 40.8 Å². The molecule has 1 unspecified atom stereocenters. The molecule has 12 aromatic rings. The highest BCUT2D eigenvalue weighted by molar-refractivity contribution is 14.1. The van der Waals surface area contributed by atoms with Crippen molar-refractivity contribution in [2.75, 3.05) is 76.3 Å². The number of imidazole rings is 4. The van der Waals surface area contributed by atoms with Crippen LogP contribution >= 0.6 is 90.4 Å². The quantitative estimate of drug-likeness (QED) is 0.00977. The molecule has 2 saturated carbocycles. The summed E-state index contributed by atoms with van der Waals surface area (Å²) in [5, 5.41) is 5.60. The molecule has 6 aliphatic rings. The summed E-state index contributed by atoms with van der Waals surface area (Å²) in [4.78, 5) is 72.6. The van der Waals surface area contributed by atoms with Gasteiger partial charge in [-0.25, -0.2) is 42.0 Å². The van der Waals surface area contributed by atoms with E-state index in [1.807, 2.05) is 104 Å². The number of halogens is 8. The predicted octanol–water partition coefficient (Wildman–Crippen LogP) is 10.3. The molecule has 18 rings (SSSR count). The fourth-order valence-electron chi connectivity index (χ4n) is 13.9. The summed E-state index contributed by atoms with van der Waals surface area (Å²) in [5.41, 5.74) is 29.8. The first kappa shape index (κ1) is 92.0. The number of amides is 2. The molecule has 1 atom stereocenters. The summed E-state index contributed by atoms with van der Waals surface area (Å²) in [6, 6.07) is 15.3. The first-order valence-electron chi connectivity index (χ1n) is 40.3. The highest BCUT2D eigenvalue weighted by Gasteiger charge is 2.36. The van der Waals surface area contributed by atoms with Gasteiger partial charge in [0, 0.05) is 104 Å². The maximum Gasteiger partial charge on any atom is 0.312 e. The molecule has 0 bridgehead atoms. The minimum Gasteiger partial charge on any atom is -0.454 e. The fraction of sp³-hybridized carbons (Fsp3) is 0.425. The van der Waals surface area contributed by atoms with Gasteiger partial charge >= 0.3 is 24.3 Å². The van der Waals surface area contributed by atoms with Crippen LogP contribution in [0.2, 0.25) is 0 Å². The number of hydrogen-bond acceptors (Lipinski definition) is 29. The number of carbonyl (C=O) groups is 2. The van der Waals surface area contributed by atoms with Crippen LogP contribution in [0.3, 0.4) is 0 Å². The molecule has 0 radical (unpaired) electrons. The normalized spacial score (nSPS) is 14.4. The minimum atomic E-state index is -3.26. The topological polar surface area (TPSA) is 486 Å². The van der Waals surface area contributed by atoms with E-state index in [9.17, 15) is 39.8 Å². The van der Waals surface area contributed by atoms with Gasteiger partial charge in [-0.3, -0.25) is 9.59 Å². The Morgan fingerprint density at radius 2 is 0.709 bits per heavy atom. The van der Waals surface area contributed by atoms with Crippen molar-refractivity contribution in [3.8, 4) is 46.0 Å². The van der Waals surface area contributed by atoms with Crippen LogP contribution < -0.4 is 80.9 Å². The molecule has 12 heterocycles. The van der Waals surface area contributed by atoms with E-state index < -0.39 is 50.7 Å². The lowest BCUT2D eigenvalue weighted by molar-refractivity contribution is -0.128. The number of nitrogens with one attached hydrogen (secondary N) is 4. The Balaban J connectivity index is 0.000000130. The van der Waals surface area contributed by atoms with Gasteiger partial charge in [-0.2, -0.15) is 57.4 Å². The monoisotopic (exact) mass is 2240 g/mol. The van der Waals surface area contributed by atoms with Gasteiger partial charge in [-0.05, 0) is 233 Å². The maximum atomic E-state index is 13.9. The number of carbonyl (C=O) groups excluding carboxylic acids is 2. The van der Waals surface area contributed by atoms with E-state index in [1.165, 1.54) is 0 Å². The number of hydrogen-bond donors (Lipinski definition) is 8. The van der Waals surface area contributed by atoms with E-state index in [2.05, 4.69) is 170 Å². The van der Waals surface area contributed by atoms with Crippen molar-refractivity contribution in [1.29, 1.82) is 0 Å². The molecular weight excluding hydrogens is 2150 g/mol. The van der Waals surface area contributed by atoms with Crippen molar-refractivity contribution in [3.63, 3.8) is 0 Å². The SMILES string of the molecule is CC(C)(C)C(=O)NCCCn1c(Cc2cc3c(cc2I)OCO3)nc2c(N)nc(F)nc21.CC(C)(C)S(=O)NCCCn1c(Cc2cc3c(cc2I)OCO3)nc2c(N)nc(F)nc21.Nc1nc(F)nc2c1nc(Cc1cc3c(cc1I)OCO3)n2CCCNC(=O)C1CC1.Nc1nc(F)nc2c1nc(Cc1cc3c(cc1I)OCO3)n2CCCNS(=O)(=O)C1CC1. The Hall–Kier alpha value is -9.72. The van der Waals surface area contributed by atoms with Gasteiger partial charge < -0.3 is 89.7 Å². The average molecular weight is 2240 g/mol. The number of benzene rings is 4. The number of fused-ring (bicyclic) bond motifs is 8. The standard InChI is InChI=1S/C21H24FIN6O3.C20H24FIN6O3S.C20H20FIN6O3.C19H20FIN6O4S/c1-21(2,3)19(30)25-5-4-6-29-15(26-16-17(24)27-20(22)28-18(16)29)8-11-7-13-14(9-12(11)23)32-10-31-13;1-20(2,3)32(29)24-5-4-6-28-15(25-16-17(23)26-19(21)27-18(16)28)8-11-7-13-14(9-12(11)22)31-10-30-13;21-20-26-17(23)16-18(27-20)28(5-1-4-24-19(29)10-2-3-10)15(25-16)7-11-6-13-14(8-12(11)22)31-9-30-13;20-19-25-17(22)16-18(26-19)27(5-1-4-23-32(28,29)11-2-3-11)15(24-16)7-10-6-13-14(8-12(10)21)31-9-30-13/h7,9H,4-6,8,10H2,1-3H3,(H,25,30)(H2,24,27,28);7,9,24H,4-6,8,10H2,1-3H3,(H2,23,26,27);6,8,10H,1-5,7,9H2,(H,24,29)(H2,23,26,27);6,8,11,23H,1-5,7,9H2,(H2,22,25,26). The summed E-state index contributed by atoms with van der Waals surface area (Å²) in [6.45, 7) is 15.7. The number of aromatic nitrogens is 16. The van der Waals surface area contributed by atoms with Crippen molar-refractivity contribution < 1.29 is 77.7 Å². The zero-order chi connectivity index (χ0) is 90.1. The molecule has 674 valence electrons. The molecule has 4 aliphatic heterocycles. The average Bonchev–Trinajstić information content (AvgIpc) is 1.64. The molecular formula is C80H88F4I4N24O13S2. The number of nitrogens with zero attached hydrogens (tertiary/aromatic N) is 16. The van der Waals surface area contributed by atoms with Crippen molar-refractivity contribution >= 4 is 191 Å². The molecule has 12 N–H and O–H groups in total. The van der Waals surface area contributed by atoms with E-state index >= 15 is 0 Å². The summed E-state index contributed by atoms with van der Waals surface area (Å²) in [5.74, 6) is 8.38. The van der Waals surface area contributed by atoms with Crippen molar-refractivity contribution in [1.82, 2.24) is 98.2 Å². The number of ether oxygens (including phenoxy) is 8. The lowest BCUT2D eigenvalue weighted by Gasteiger charge is -2.18. The van der Waals surface area contributed by atoms with Crippen LogP contribution in [-0.2, 0) is 82.5 Å². The number of rotatable bonds is 28. The summed E-state index contributed by atoms with van der Waals surface area (Å²) in [7, 11) is -4.43. The van der Waals surface area contributed by atoms with Crippen molar-refractivity contribution in [2.45, 2.75) is 155 Å². The van der Waals surface area contributed by atoms with Crippen LogP contribution in [0.25, 0.3) is 44.7 Å². The van der Waals surface area contributed by atoms with E-state index in [0.717, 1.165) is 49.4 Å². The fourth-order valence-corrected chi connectivity index (χ4v) is 18.6. The predicted molar refractivity (Wildman–Crippen MR) is 494 cm³/mol. The number of nitrogens with two attached hydrogens (primary N) is 4. The molecule has 4 aromatic carbocycles. The molecule has 2 amide bonds. The molecule has 0 spiro atoms. The number of anilines is 4. The highest BCUT2D eigenvalue weighted by Crippen LogP contribution is 2.42. The molecule has 127 heavy (non-hydrogen) atoms. The Morgan fingerprint density at radius 1 is 0.425 bits per heavy atom. The number of sulfonamides is 1. The van der Waals surface area contributed by atoms with Gasteiger partial charge in [0.2, 0.25) is 49.0 Å². The third kappa shape index (κ3) is 21.9. The third-order valence-electron chi connectivity index (χ3n) is 20.8. The zero-order valence-electron chi connectivity index (χ0n) is 69.4. The summed E-state index contributed by atoms with van der Waals surface area (Å²) in [6.07, 6.45) is 3.92. The lowest BCUT2D eigenvalue weighted by Crippen LogP contribution is -2.35. The van der Waals surface area contributed by atoms with Gasteiger partial charge in [-0.1, -0.05) is 20.8 Å². The van der Waals surface area contributed by atoms with Crippen LogP contribution in [0.15, 0.2) is 48.5 Å².